The molecule has 0 amide bonds. The van der Waals surface area contributed by atoms with Crippen LogP contribution in [0.15, 0.2) is 48.8 Å². The zero-order chi connectivity index (χ0) is 17.4. The summed E-state index contributed by atoms with van der Waals surface area (Å²) in [6, 6.07) is 11.9. The van der Waals surface area contributed by atoms with Crippen molar-refractivity contribution in [3.05, 3.63) is 82.1 Å². The average Bonchev–Trinajstić information content (AvgIpc) is 3.01. The molecule has 1 unspecified atom stereocenters. The van der Waals surface area contributed by atoms with E-state index in [9.17, 15) is 9.50 Å². The first-order valence-corrected chi connectivity index (χ1v) is 8.44. The summed E-state index contributed by atoms with van der Waals surface area (Å²) in [5, 5.41) is 10.2. The van der Waals surface area contributed by atoms with Gasteiger partial charge in [-0.3, -0.25) is 4.90 Å². The molecule has 0 aliphatic carbocycles. The Balaban J connectivity index is 1.64. The minimum Gasteiger partial charge on any atom is -0.508 e. The van der Waals surface area contributed by atoms with Crippen molar-refractivity contribution in [2.45, 2.75) is 19.0 Å². The average molecular weight is 358 g/mol. The van der Waals surface area contributed by atoms with Crippen LogP contribution in [0, 0.1) is 5.82 Å². The van der Waals surface area contributed by atoms with Crippen molar-refractivity contribution in [2.24, 2.45) is 0 Å². The van der Waals surface area contributed by atoms with Crippen LogP contribution in [0.5, 0.6) is 5.75 Å². The topological polar surface area (TPSA) is 52.1 Å². The van der Waals surface area contributed by atoms with Gasteiger partial charge in [0.05, 0.1) is 17.7 Å². The predicted octanol–water partition coefficient (Wildman–Crippen LogP) is 4.06. The predicted molar refractivity (Wildman–Crippen MR) is 94.1 cm³/mol. The van der Waals surface area contributed by atoms with E-state index in [0.29, 0.717) is 18.1 Å². The van der Waals surface area contributed by atoms with Gasteiger partial charge in [0.25, 0.3) is 0 Å². The van der Waals surface area contributed by atoms with Crippen LogP contribution in [0.25, 0.3) is 0 Å². The fourth-order valence-electron chi connectivity index (χ4n) is 3.48. The highest BCUT2D eigenvalue weighted by molar-refractivity contribution is 6.30. The second kappa shape index (κ2) is 6.50. The number of hydrogen-bond donors (Lipinski definition) is 2. The highest BCUT2D eigenvalue weighted by Crippen LogP contribution is 2.33. The van der Waals surface area contributed by atoms with Crippen LogP contribution in [-0.4, -0.2) is 26.5 Å². The number of nitrogens with one attached hydrogen (secondary N) is 1. The van der Waals surface area contributed by atoms with Crippen LogP contribution >= 0.6 is 11.6 Å². The quantitative estimate of drug-likeness (QED) is 0.743. The van der Waals surface area contributed by atoms with Gasteiger partial charge in [0.2, 0.25) is 0 Å². The number of phenols is 1. The summed E-state index contributed by atoms with van der Waals surface area (Å²) < 4.78 is 13.6. The summed E-state index contributed by atoms with van der Waals surface area (Å²) in [5.41, 5.74) is 3.89. The Kier molecular flexibility index (Phi) is 4.19. The van der Waals surface area contributed by atoms with Gasteiger partial charge in [-0.2, -0.15) is 0 Å². The van der Waals surface area contributed by atoms with Crippen LogP contribution in [-0.2, 0) is 13.1 Å². The van der Waals surface area contributed by atoms with E-state index in [1.807, 2.05) is 12.1 Å². The lowest BCUT2D eigenvalue weighted by Crippen LogP contribution is -2.33. The number of phenolic OH excluding ortho intramolecular Hbond substituents is 1. The van der Waals surface area contributed by atoms with Crippen molar-refractivity contribution in [3.63, 3.8) is 0 Å². The minimum absolute atomic E-state index is 0.0473. The van der Waals surface area contributed by atoms with E-state index < -0.39 is 0 Å². The zero-order valence-corrected chi connectivity index (χ0v) is 14.2. The first-order chi connectivity index (χ1) is 12.1. The number of halogens is 2. The maximum Gasteiger partial charge on any atom is 0.125 e. The van der Waals surface area contributed by atoms with Crippen LogP contribution in [0.1, 0.15) is 28.4 Å². The smallest absolute Gasteiger partial charge is 0.125 e. The maximum absolute atomic E-state index is 13.6. The largest absolute Gasteiger partial charge is 0.508 e. The standard InChI is InChI=1S/C19H17ClFN3O/c20-14-4-12(5-15(21)7-14)8-24-9-17(13-2-1-3-16(25)6-13)19-18(10-24)22-11-23-19/h1-7,11,17,25H,8-10H2,(H,22,23). The monoisotopic (exact) mass is 357 g/mol. The molecular formula is C19H17ClFN3O. The molecule has 0 bridgehead atoms. The fourth-order valence-corrected chi connectivity index (χ4v) is 3.72. The van der Waals surface area contributed by atoms with Gasteiger partial charge in [-0.15, -0.1) is 0 Å². The highest BCUT2D eigenvalue weighted by Gasteiger charge is 2.29. The Morgan fingerprint density at radius 2 is 2.16 bits per heavy atom. The van der Waals surface area contributed by atoms with Gasteiger partial charge in [0.15, 0.2) is 0 Å². The molecule has 2 N–H and O–H groups in total. The number of fused-ring (bicyclic) bond motifs is 1. The molecule has 4 rings (SSSR count). The highest BCUT2D eigenvalue weighted by atomic mass is 35.5. The molecule has 0 radical (unpaired) electrons. The number of aromatic amines is 1. The maximum atomic E-state index is 13.6. The van der Waals surface area contributed by atoms with Gasteiger partial charge in [0.1, 0.15) is 11.6 Å². The normalized spacial score (nSPS) is 17.4. The van der Waals surface area contributed by atoms with Gasteiger partial charge >= 0.3 is 0 Å². The number of hydrogen-bond acceptors (Lipinski definition) is 3. The molecule has 2 heterocycles. The summed E-state index contributed by atoms with van der Waals surface area (Å²) in [7, 11) is 0. The lowest BCUT2D eigenvalue weighted by molar-refractivity contribution is 0.227. The molecule has 0 saturated carbocycles. The number of benzene rings is 2. The van der Waals surface area contributed by atoms with Crippen molar-refractivity contribution in [3.8, 4) is 5.75 Å². The SMILES string of the molecule is Oc1cccc(C2CN(Cc3cc(F)cc(Cl)c3)Cc3[nH]cnc32)c1. The van der Waals surface area contributed by atoms with Gasteiger partial charge < -0.3 is 10.1 Å². The lowest BCUT2D eigenvalue weighted by Gasteiger charge is -2.32. The van der Waals surface area contributed by atoms with Gasteiger partial charge in [-0.1, -0.05) is 23.7 Å². The third-order valence-electron chi connectivity index (χ3n) is 4.51. The van der Waals surface area contributed by atoms with E-state index in [1.165, 1.54) is 12.1 Å². The van der Waals surface area contributed by atoms with Crippen molar-refractivity contribution >= 4 is 11.6 Å². The van der Waals surface area contributed by atoms with E-state index in [4.69, 9.17) is 11.6 Å². The summed E-state index contributed by atoms with van der Waals surface area (Å²) in [4.78, 5) is 9.89. The van der Waals surface area contributed by atoms with Crippen molar-refractivity contribution < 1.29 is 9.50 Å². The Labute approximate surface area is 149 Å². The second-order valence-corrected chi connectivity index (χ2v) is 6.80. The number of aromatic hydroxyl groups is 1. The Bertz CT molecular complexity index is 891. The van der Waals surface area contributed by atoms with Crippen LogP contribution < -0.4 is 0 Å². The number of H-pyrrole nitrogens is 1. The number of rotatable bonds is 3. The molecule has 6 heteroatoms. The molecule has 25 heavy (non-hydrogen) atoms. The van der Waals surface area contributed by atoms with Crippen LogP contribution in [0.2, 0.25) is 5.02 Å². The molecule has 2 aromatic carbocycles. The Hall–Kier alpha value is -2.37. The summed E-state index contributed by atoms with van der Waals surface area (Å²) in [5.74, 6) is -0.0407. The fraction of sp³-hybridized carbons (Fsp3) is 0.211. The molecule has 1 aromatic heterocycles. The molecule has 1 aliphatic rings. The van der Waals surface area contributed by atoms with Crippen molar-refractivity contribution in [1.29, 1.82) is 0 Å². The molecule has 128 valence electrons. The number of imidazole rings is 1. The van der Waals surface area contributed by atoms with Gasteiger partial charge in [-0.25, -0.2) is 9.37 Å². The first kappa shape index (κ1) is 16.1. The molecule has 4 nitrogen and oxygen atoms in total. The third-order valence-corrected chi connectivity index (χ3v) is 4.72. The summed E-state index contributed by atoms with van der Waals surface area (Å²) >= 11 is 5.97. The molecular weight excluding hydrogens is 341 g/mol. The molecule has 0 spiro atoms. The van der Waals surface area contributed by atoms with E-state index >= 15 is 0 Å². The second-order valence-electron chi connectivity index (χ2n) is 6.36. The molecule has 1 atom stereocenters. The summed E-state index contributed by atoms with van der Waals surface area (Å²) in [6.07, 6.45) is 1.70. The van der Waals surface area contributed by atoms with Gasteiger partial charge in [0, 0.05) is 30.6 Å². The number of nitrogens with zero attached hydrogens (tertiary/aromatic N) is 2. The zero-order valence-electron chi connectivity index (χ0n) is 13.4. The van der Waals surface area contributed by atoms with E-state index in [0.717, 1.165) is 29.1 Å². The minimum atomic E-state index is -0.328. The Morgan fingerprint density at radius 1 is 1.28 bits per heavy atom. The van der Waals surface area contributed by atoms with E-state index in [-0.39, 0.29) is 17.5 Å². The molecule has 3 aromatic rings. The number of aromatic nitrogens is 2. The van der Waals surface area contributed by atoms with Crippen molar-refractivity contribution in [2.75, 3.05) is 6.54 Å². The van der Waals surface area contributed by atoms with Crippen molar-refractivity contribution in [1.82, 2.24) is 14.9 Å². The first-order valence-electron chi connectivity index (χ1n) is 8.07. The van der Waals surface area contributed by atoms with Crippen LogP contribution in [0.4, 0.5) is 4.39 Å². The van der Waals surface area contributed by atoms with E-state index in [2.05, 4.69) is 14.9 Å². The van der Waals surface area contributed by atoms with E-state index in [1.54, 1.807) is 24.5 Å². The van der Waals surface area contributed by atoms with Gasteiger partial charge in [-0.05, 0) is 41.5 Å². The molecule has 0 fully saturated rings. The Morgan fingerprint density at radius 3 is 2.96 bits per heavy atom. The summed E-state index contributed by atoms with van der Waals surface area (Å²) in [6.45, 7) is 2.03. The molecule has 1 aliphatic heterocycles. The third kappa shape index (κ3) is 3.38. The van der Waals surface area contributed by atoms with Crippen LogP contribution in [0.3, 0.4) is 0 Å². The lowest BCUT2D eigenvalue weighted by atomic mass is 9.90. The molecule has 0 saturated heterocycles.